The van der Waals surface area contributed by atoms with Crippen LogP contribution in [-0.2, 0) is 10.4 Å². The third kappa shape index (κ3) is 3.08. The summed E-state index contributed by atoms with van der Waals surface area (Å²) in [5.41, 5.74) is -2.24. The molecule has 0 radical (unpaired) electrons. The van der Waals surface area contributed by atoms with Gasteiger partial charge in [0.1, 0.15) is 0 Å². The lowest BCUT2D eigenvalue weighted by Gasteiger charge is -2.29. The molecule has 1 unspecified atom stereocenters. The zero-order valence-electron chi connectivity index (χ0n) is 11.9. The van der Waals surface area contributed by atoms with E-state index < -0.39 is 18.2 Å². The van der Waals surface area contributed by atoms with E-state index in [4.69, 9.17) is 39.6 Å². The van der Waals surface area contributed by atoms with E-state index in [1.165, 1.54) is 24.3 Å². The fourth-order valence-electron chi connectivity index (χ4n) is 2.51. The summed E-state index contributed by atoms with van der Waals surface area (Å²) in [6.45, 7) is 0. The molecule has 2 aromatic rings. The van der Waals surface area contributed by atoms with Gasteiger partial charge in [-0.2, -0.15) is 13.2 Å². The number of halogens is 6. The molecule has 1 aliphatic rings. The predicted octanol–water partition coefficient (Wildman–Crippen LogP) is 6.23. The largest absolute Gasteiger partial charge is 0.435 e. The van der Waals surface area contributed by atoms with Gasteiger partial charge in [-0.1, -0.05) is 52.1 Å². The van der Waals surface area contributed by atoms with Crippen LogP contribution in [0.1, 0.15) is 17.5 Å². The number of hydrogen-bond acceptors (Lipinski definition) is 2. The van der Waals surface area contributed by atoms with Gasteiger partial charge in [0.05, 0.1) is 5.71 Å². The van der Waals surface area contributed by atoms with Gasteiger partial charge in [-0.25, -0.2) is 0 Å². The molecule has 0 amide bonds. The van der Waals surface area contributed by atoms with E-state index in [0.717, 1.165) is 0 Å². The summed E-state index contributed by atoms with van der Waals surface area (Å²) in [7, 11) is 0. The lowest BCUT2D eigenvalue weighted by molar-refractivity contribution is -0.275. The second kappa shape index (κ2) is 6.14. The van der Waals surface area contributed by atoms with Crippen LogP contribution in [0, 0.1) is 0 Å². The van der Waals surface area contributed by atoms with E-state index in [1.807, 2.05) is 0 Å². The number of alkyl halides is 3. The topological polar surface area (TPSA) is 21.6 Å². The van der Waals surface area contributed by atoms with Gasteiger partial charge in [-0.15, -0.1) is 0 Å². The van der Waals surface area contributed by atoms with Gasteiger partial charge >= 0.3 is 6.18 Å². The van der Waals surface area contributed by atoms with E-state index >= 15 is 0 Å². The molecule has 0 aliphatic carbocycles. The van der Waals surface area contributed by atoms with E-state index in [-0.39, 0.29) is 21.3 Å². The van der Waals surface area contributed by atoms with Crippen LogP contribution in [-0.4, -0.2) is 11.9 Å². The maximum atomic E-state index is 13.8. The summed E-state index contributed by atoms with van der Waals surface area (Å²) in [6.07, 6.45) is -5.22. The predicted molar refractivity (Wildman–Crippen MR) is 87.9 cm³/mol. The molecule has 8 heteroatoms. The van der Waals surface area contributed by atoms with Crippen molar-refractivity contribution in [1.82, 2.24) is 0 Å². The maximum absolute atomic E-state index is 13.8. The van der Waals surface area contributed by atoms with Gasteiger partial charge in [-0.05, 0) is 30.3 Å². The number of benzene rings is 2. The Morgan fingerprint density at radius 1 is 0.958 bits per heavy atom. The Balaban J connectivity index is 2.05. The molecule has 24 heavy (non-hydrogen) atoms. The Labute approximate surface area is 150 Å². The first-order valence-corrected chi connectivity index (χ1v) is 7.89. The van der Waals surface area contributed by atoms with Crippen molar-refractivity contribution < 1.29 is 18.0 Å². The summed E-state index contributed by atoms with van der Waals surface area (Å²) >= 11 is 17.6. The quantitative estimate of drug-likeness (QED) is 0.592. The van der Waals surface area contributed by atoms with Crippen molar-refractivity contribution in [3.8, 4) is 0 Å². The smallest absolute Gasteiger partial charge is 0.374 e. The average molecular weight is 395 g/mol. The van der Waals surface area contributed by atoms with Gasteiger partial charge in [0.2, 0.25) is 0 Å². The third-order valence-corrected chi connectivity index (χ3v) is 4.34. The van der Waals surface area contributed by atoms with E-state index in [9.17, 15) is 13.2 Å². The molecule has 3 rings (SSSR count). The number of hydrogen-bond donors (Lipinski definition) is 0. The van der Waals surface area contributed by atoms with Crippen molar-refractivity contribution >= 4 is 40.5 Å². The first kappa shape index (κ1) is 17.4. The highest BCUT2D eigenvalue weighted by molar-refractivity contribution is 6.34. The number of oxime groups is 1. The van der Waals surface area contributed by atoms with Crippen LogP contribution in [0.4, 0.5) is 13.2 Å². The molecule has 2 nitrogen and oxygen atoms in total. The lowest BCUT2D eigenvalue weighted by atomic mass is 9.86. The second-order valence-corrected chi connectivity index (χ2v) is 6.61. The molecule has 126 valence electrons. The molecule has 0 aromatic heterocycles. The van der Waals surface area contributed by atoms with Gasteiger partial charge in [-0.3, -0.25) is 0 Å². The first-order valence-electron chi connectivity index (χ1n) is 6.75. The summed E-state index contributed by atoms with van der Waals surface area (Å²) in [6, 6.07) is 10.1. The number of rotatable bonds is 2. The molecule has 0 fully saturated rings. The molecule has 0 saturated carbocycles. The highest BCUT2D eigenvalue weighted by atomic mass is 35.5. The second-order valence-electron chi connectivity index (χ2n) is 5.30. The fourth-order valence-corrected chi connectivity index (χ4v) is 3.23. The highest BCUT2D eigenvalue weighted by Crippen LogP contribution is 2.49. The van der Waals surface area contributed by atoms with Crippen molar-refractivity contribution in [1.29, 1.82) is 0 Å². The molecule has 0 N–H and O–H groups in total. The standard InChI is InChI=1S/C16H9Cl3F3NO/c17-11-3-1-2-9(4-11)14-8-15(24-23-14,16(20,21)22)10-5-12(18)7-13(19)6-10/h1-7H,8H2. The first-order chi connectivity index (χ1) is 11.2. The molecule has 2 aromatic carbocycles. The minimum Gasteiger partial charge on any atom is -0.374 e. The third-order valence-electron chi connectivity index (χ3n) is 3.67. The molecular formula is C16H9Cl3F3NO. The van der Waals surface area contributed by atoms with Crippen LogP contribution < -0.4 is 0 Å². The summed E-state index contributed by atoms with van der Waals surface area (Å²) in [5, 5.41) is 4.22. The van der Waals surface area contributed by atoms with Gasteiger partial charge < -0.3 is 4.84 Å². The summed E-state index contributed by atoms with van der Waals surface area (Å²) in [4.78, 5) is 4.91. The van der Waals surface area contributed by atoms with E-state index in [1.54, 1.807) is 18.2 Å². The zero-order chi connectivity index (χ0) is 17.5. The molecule has 1 heterocycles. The molecule has 0 spiro atoms. The Bertz CT molecular complexity index is 802. The average Bonchev–Trinajstić information content (AvgIpc) is 2.92. The Morgan fingerprint density at radius 2 is 1.62 bits per heavy atom. The van der Waals surface area contributed by atoms with Crippen molar-refractivity contribution in [2.24, 2.45) is 5.16 Å². The number of nitrogens with zero attached hydrogens (tertiary/aromatic N) is 1. The van der Waals surface area contributed by atoms with E-state index in [0.29, 0.717) is 10.6 Å². The zero-order valence-corrected chi connectivity index (χ0v) is 14.1. The normalized spacial score (nSPS) is 20.7. The van der Waals surface area contributed by atoms with Gasteiger partial charge in [0, 0.05) is 32.6 Å². The van der Waals surface area contributed by atoms with Gasteiger partial charge in [0.25, 0.3) is 5.60 Å². The Hall–Kier alpha value is -1.43. The molecule has 0 bridgehead atoms. The van der Waals surface area contributed by atoms with Gasteiger partial charge in [0.15, 0.2) is 0 Å². The minimum absolute atomic E-state index is 0.0842. The van der Waals surface area contributed by atoms with Crippen molar-refractivity contribution in [2.75, 3.05) is 0 Å². The summed E-state index contributed by atoms with van der Waals surface area (Å²) in [5.74, 6) is 0. The Morgan fingerprint density at radius 3 is 2.21 bits per heavy atom. The van der Waals surface area contributed by atoms with Crippen LogP contribution >= 0.6 is 34.8 Å². The molecular weight excluding hydrogens is 386 g/mol. The van der Waals surface area contributed by atoms with E-state index in [2.05, 4.69) is 5.16 Å². The van der Waals surface area contributed by atoms with Crippen molar-refractivity contribution in [2.45, 2.75) is 18.2 Å². The highest BCUT2D eigenvalue weighted by Gasteiger charge is 2.62. The van der Waals surface area contributed by atoms with Crippen LogP contribution in [0.3, 0.4) is 0 Å². The Kier molecular flexibility index (Phi) is 4.45. The minimum atomic E-state index is -4.72. The molecule has 1 aliphatic heterocycles. The van der Waals surface area contributed by atoms with Crippen LogP contribution in [0.2, 0.25) is 15.1 Å². The van der Waals surface area contributed by atoms with Crippen LogP contribution in [0.25, 0.3) is 0 Å². The van der Waals surface area contributed by atoms with Crippen molar-refractivity contribution in [3.63, 3.8) is 0 Å². The molecule has 0 saturated heterocycles. The lowest BCUT2D eigenvalue weighted by Crippen LogP contribution is -2.42. The SMILES string of the molecule is FC(F)(F)C1(c2cc(Cl)cc(Cl)c2)CC(c2cccc(Cl)c2)=NO1. The fraction of sp³-hybridized carbons (Fsp3) is 0.188. The summed E-state index contributed by atoms with van der Waals surface area (Å²) < 4.78 is 41.5. The van der Waals surface area contributed by atoms with Crippen molar-refractivity contribution in [3.05, 3.63) is 68.7 Å². The monoisotopic (exact) mass is 393 g/mol. The molecule has 1 atom stereocenters. The van der Waals surface area contributed by atoms with Crippen LogP contribution in [0.5, 0.6) is 0 Å². The maximum Gasteiger partial charge on any atom is 0.435 e. The van der Waals surface area contributed by atoms with Crippen LogP contribution in [0.15, 0.2) is 47.6 Å².